The predicted molar refractivity (Wildman–Crippen MR) is 92.3 cm³/mol. The van der Waals surface area contributed by atoms with Gasteiger partial charge in [-0.25, -0.2) is 8.42 Å². The van der Waals surface area contributed by atoms with Gasteiger partial charge in [-0.15, -0.1) is 0 Å². The Kier molecular flexibility index (Phi) is 4.42. The molecule has 0 aromatic heterocycles. The van der Waals surface area contributed by atoms with Crippen LogP contribution in [0.4, 0.5) is 0 Å². The number of sulfonamides is 1. The SMILES string of the molecule is O=S(=O)(c1ccc2c(c1)OCCCO2)N1CCC[C@@]2(CCC[C@H]2O)C1. The van der Waals surface area contributed by atoms with Crippen LogP contribution in [0.1, 0.15) is 38.5 Å². The standard InChI is InChI=1S/C18H25NO5S/c20-17-4-1-7-18(17)8-2-9-19(13-18)25(21,22)14-5-6-15-16(12-14)24-11-3-10-23-15/h5-6,12,17,20H,1-4,7-11,13H2/t17-,18+/m1/s1. The summed E-state index contributed by atoms with van der Waals surface area (Å²) in [6, 6.07) is 4.84. The first kappa shape index (κ1) is 17.1. The second kappa shape index (κ2) is 6.45. The van der Waals surface area contributed by atoms with Gasteiger partial charge in [0.05, 0.1) is 24.2 Å². The molecule has 1 aliphatic carbocycles. The van der Waals surface area contributed by atoms with E-state index in [1.807, 2.05) is 0 Å². The quantitative estimate of drug-likeness (QED) is 0.867. The van der Waals surface area contributed by atoms with Gasteiger partial charge in [0.2, 0.25) is 10.0 Å². The minimum Gasteiger partial charge on any atom is -0.490 e. The Morgan fingerprint density at radius 1 is 1.08 bits per heavy atom. The molecule has 0 radical (unpaired) electrons. The summed E-state index contributed by atoms with van der Waals surface area (Å²) in [7, 11) is -3.61. The largest absolute Gasteiger partial charge is 0.490 e. The number of nitrogens with zero attached hydrogens (tertiary/aromatic N) is 1. The first-order valence-electron chi connectivity index (χ1n) is 9.09. The third kappa shape index (κ3) is 3.02. The molecule has 1 aromatic carbocycles. The molecule has 6 nitrogen and oxygen atoms in total. The number of ether oxygens (including phenoxy) is 2. The van der Waals surface area contributed by atoms with E-state index in [9.17, 15) is 13.5 Å². The Balaban J connectivity index is 1.62. The maximum atomic E-state index is 13.2. The topological polar surface area (TPSA) is 76.1 Å². The number of aliphatic hydroxyl groups is 1. The smallest absolute Gasteiger partial charge is 0.243 e. The molecule has 1 spiro atoms. The fourth-order valence-electron chi connectivity index (χ4n) is 4.37. The maximum Gasteiger partial charge on any atom is 0.243 e. The highest BCUT2D eigenvalue weighted by atomic mass is 32.2. The molecule has 7 heteroatoms. The van der Waals surface area contributed by atoms with Crippen LogP contribution in [0.5, 0.6) is 11.5 Å². The molecule has 138 valence electrons. The summed E-state index contributed by atoms with van der Waals surface area (Å²) < 4.78 is 39.1. The van der Waals surface area contributed by atoms with Crippen molar-refractivity contribution in [1.82, 2.24) is 4.31 Å². The summed E-state index contributed by atoms with van der Waals surface area (Å²) in [6.45, 7) is 2.01. The zero-order chi connectivity index (χ0) is 17.5. The van der Waals surface area contributed by atoms with Gasteiger partial charge in [-0.3, -0.25) is 0 Å². The fraction of sp³-hybridized carbons (Fsp3) is 0.667. The van der Waals surface area contributed by atoms with Gasteiger partial charge in [0.25, 0.3) is 0 Å². The van der Waals surface area contributed by atoms with Crippen LogP contribution in [0, 0.1) is 5.41 Å². The zero-order valence-electron chi connectivity index (χ0n) is 14.3. The molecule has 0 amide bonds. The van der Waals surface area contributed by atoms with Crippen molar-refractivity contribution in [2.24, 2.45) is 5.41 Å². The summed E-state index contributed by atoms with van der Waals surface area (Å²) in [5, 5.41) is 10.4. The van der Waals surface area contributed by atoms with E-state index >= 15 is 0 Å². The predicted octanol–water partition coefficient (Wildman–Crippen LogP) is 2.16. The fourth-order valence-corrected chi connectivity index (χ4v) is 5.96. The normalized spacial score (nSPS) is 30.4. The number of piperidine rings is 1. The highest BCUT2D eigenvalue weighted by Crippen LogP contribution is 2.46. The summed E-state index contributed by atoms with van der Waals surface area (Å²) in [4.78, 5) is 0.237. The highest BCUT2D eigenvalue weighted by Gasteiger charge is 2.47. The van der Waals surface area contributed by atoms with Crippen molar-refractivity contribution in [3.05, 3.63) is 18.2 Å². The van der Waals surface area contributed by atoms with Crippen LogP contribution in [0.25, 0.3) is 0 Å². The van der Waals surface area contributed by atoms with E-state index in [0.717, 1.165) is 38.5 Å². The van der Waals surface area contributed by atoms with E-state index in [1.165, 1.54) is 0 Å². The lowest BCUT2D eigenvalue weighted by Gasteiger charge is -2.41. The zero-order valence-corrected chi connectivity index (χ0v) is 15.1. The summed E-state index contributed by atoms with van der Waals surface area (Å²) in [6.07, 6.45) is 4.73. The highest BCUT2D eigenvalue weighted by molar-refractivity contribution is 7.89. The Morgan fingerprint density at radius 3 is 2.60 bits per heavy atom. The van der Waals surface area contributed by atoms with Crippen molar-refractivity contribution in [2.75, 3.05) is 26.3 Å². The van der Waals surface area contributed by atoms with Crippen LogP contribution in [-0.4, -0.2) is 50.2 Å². The van der Waals surface area contributed by atoms with Crippen molar-refractivity contribution in [3.63, 3.8) is 0 Å². The first-order chi connectivity index (χ1) is 12.0. The number of rotatable bonds is 2. The van der Waals surface area contributed by atoms with Gasteiger partial charge in [0, 0.05) is 31.0 Å². The molecule has 4 rings (SSSR count). The van der Waals surface area contributed by atoms with Gasteiger partial charge in [0.1, 0.15) is 0 Å². The third-order valence-electron chi connectivity index (χ3n) is 5.79. The maximum absolute atomic E-state index is 13.2. The summed E-state index contributed by atoms with van der Waals surface area (Å²) in [5.41, 5.74) is -0.267. The molecule has 2 heterocycles. The molecule has 1 saturated carbocycles. The van der Waals surface area contributed by atoms with Crippen molar-refractivity contribution in [1.29, 1.82) is 0 Å². The number of hydrogen-bond acceptors (Lipinski definition) is 5. The molecule has 1 saturated heterocycles. The van der Waals surface area contributed by atoms with E-state index in [0.29, 0.717) is 37.8 Å². The molecular weight excluding hydrogens is 342 g/mol. The number of benzene rings is 1. The lowest BCUT2D eigenvalue weighted by Crippen LogP contribution is -2.49. The van der Waals surface area contributed by atoms with Gasteiger partial charge in [-0.05, 0) is 37.8 Å². The van der Waals surface area contributed by atoms with Crippen LogP contribution < -0.4 is 9.47 Å². The second-order valence-electron chi connectivity index (χ2n) is 7.37. The Labute approximate surface area is 148 Å². The minimum atomic E-state index is -3.61. The van der Waals surface area contributed by atoms with Crippen molar-refractivity contribution < 1.29 is 23.0 Å². The van der Waals surface area contributed by atoms with Crippen molar-refractivity contribution in [3.8, 4) is 11.5 Å². The lowest BCUT2D eigenvalue weighted by molar-refractivity contribution is 0.0127. The number of aliphatic hydroxyl groups excluding tert-OH is 1. The molecular formula is C18H25NO5S. The van der Waals surface area contributed by atoms with Crippen LogP contribution >= 0.6 is 0 Å². The summed E-state index contributed by atoms with van der Waals surface area (Å²) in [5.74, 6) is 1.09. The molecule has 2 atom stereocenters. The van der Waals surface area contributed by atoms with Crippen LogP contribution in [0.2, 0.25) is 0 Å². The average Bonchev–Trinajstić information content (AvgIpc) is 2.83. The average molecular weight is 367 g/mol. The molecule has 25 heavy (non-hydrogen) atoms. The van der Waals surface area contributed by atoms with Gasteiger partial charge < -0.3 is 14.6 Å². The van der Waals surface area contributed by atoms with Crippen molar-refractivity contribution >= 4 is 10.0 Å². The van der Waals surface area contributed by atoms with Crippen molar-refractivity contribution in [2.45, 2.75) is 49.5 Å². The molecule has 0 bridgehead atoms. The van der Waals surface area contributed by atoms with Gasteiger partial charge in [-0.1, -0.05) is 6.42 Å². The molecule has 3 aliphatic rings. The van der Waals surface area contributed by atoms with E-state index in [1.54, 1.807) is 22.5 Å². The van der Waals surface area contributed by atoms with Crippen LogP contribution in [-0.2, 0) is 10.0 Å². The third-order valence-corrected chi connectivity index (χ3v) is 7.63. The first-order valence-corrected chi connectivity index (χ1v) is 10.5. The van der Waals surface area contributed by atoms with Crippen LogP contribution in [0.3, 0.4) is 0 Å². The molecule has 2 aliphatic heterocycles. The molecule has 0 unspecified atom stereocenters. The Hall–Kier alpha value is -1.31. The minimum absolute atomic E-state index is 0.237. The second-order valence-corrected chi connectivity index (χ2v) is 9.31. The van der Waals surface area contributed by atoms with E-state index < -0.39 is 16.1 Å². The number of fused-ring (bicyclic) bond motifs is 1. The van der Waals surface area contributed by atoms with Gasteiger partial charge in [0.15, 0.2) is 11.5 Å². The monoisotopic (exact) mass is 367 g/mol. The lowest BCUT2D eigenvalue weighted by atomic mass is 9.77. The Morgan fingerprint density at radius 2 is 1.84 bits per heavy atom. The van der Waals surface area contributed by atoms with E-state index in [2.05, 4.69) is 0 Å². The van der Waals surface area contributed by atoms with Gasteiger partial charge >= 0.3 is 0 Å². The van der Waals surface area contributed by atoms with E-state index in [4.69, 9.17) is 9.47 Å². The molecule has 1 N–H and O–H groups in total. The Bertz CT molecular complexity index is 750. The van der Waals surface area contributed by atoms with Gasteiger partial charge in [-0.2, -0.15) is 4.31 Å². The molecule has 2 fully saturated rings. The molecule has 1 aromatic rings. The summed E-state index contributed by atoms with van der Waals surface area (Å²) >= 11 is 0. The van der Waals surface area contributed by atoms with E-state index in [-0.39, 0.29) is 10.3 Å². The van der Waals surface area contributed by atoms with Crippen LogP contribution in [0.15, 0.2) is 23.1 Å². The number of hydrogen-bond donors (Lipinski definition) is 1.